The molecule has 140 valence electrons. The van der Waals surface area contributed by atoms with Crippen LogP contribution in [0.2, 0.25) is 0 Å². The van der Waals surface area contributed by atoms with Crippen LogP contribution in [0.4, 0.5) is 26.2 Å². The zero-order valence-electron chi connectivity index (χ0n) is 14.6. The first-order valence-electron chi connectivity index (χ1n) is 9.04. The number of fused-ring (bicyclic) bond motifs is 1. The number of rotatable bonds is 4. The number of anilines is 3. The molecule has 0 aliphatic heterocycles. The molecule has 1 aliphatic rings. The summed E-state index contributed by atoms with van der Waals surface area (Å²) in [7, 11) is 0. The third-order valence-corrected chi connectivity index (χ3v) is 5.27. The quantitative estimate of drug-likeness (QED) is 0.518. The first-order valence-corrected chi connectivity index (χ1v) is 9.84. The molecule has 2 N–H and O–H groups in total. The molecule has 0 atom stereocenters. The first-order chi connectivity index (χ1) is 13.1. The molecule has 0 spiro atoms. The number of hydrogen-bond donors (Lipinski definition) is 2. The average molecular weight is 433 g/mol. The Labute approximate surface area is 164 Å². The smallest absolute Gasteiger partial charge is 0.229 e. The molecule has 3 aromatic rings. The van der Waals surface area contributed by atoms with E-state index in [0.29, 0.717) is 17.7 Å². The number of nitrogens with one attached hydrogen (secondary N) is 2. The van der Waals surface area contributed by atoms with Crippen molar-refractivity contribution in [1.29, 1.82) is 0 Å². The van der Waals surface area contributed by atoms with Gasteiger partial charge in [0.2, 0.25) is 5.95 Å². The highest BCUT2D eigenvalue weighted by molar-refractivity contribution is 9.10. The van der Waals surface area contributed by atoms with E-state index in [1.807, 2.05) is 18.2 Å². The van der Waals surface area contributed by atoms with E-state index in [2.05, 4.69) is 36.5 Å². The number of aromatic nitrogens is 2. The number of nitrogens with zero attached hydrogens (tertiary/aromatic N) is 2. The van der Waals surface area contributed by atoms with Crippen molar-refractivity contribution in [2.45, 2.75) is 38.1 Å². The standard InChI is InChI=1S/C20H19BrF2N4/c21-12-6-9-18-15(10-12)19(24-13-4-2-1-3-5-13)27-20(26-18)25-14-7-8-16(22)17(23)11-14/h6-11,13H,1-5H2,(H2,24,25,26,27). The fourth-order valence-electron chi connectivity index (χ4n) is 3.41. The first kappa shape index (κ1) is 18.1. The van der Waals surface area contributed by atoms with E-state index >= 15 is 0 Å². The SMILES string of the molecule is Fc1ccc(Nc2nc(NC3CCCCC3)c3cc(Br)ccc3n2)cc1F. The minimum atomic E-state index is -0.912. The molecule has 2 aromatic carbocycles. The molecule has 0 saturated heterocycles. The summed E-state index contributed by atoms with van der Waals surface area (Å²) in [5.74, 6) is -0.706. The van der Waals surface area contributed by atoms with Crippen molar-refractivity contribution in [3.05, 3.63) is 52.5 Å². The fourth-order valence-corrected chi connectivity index (χ4v) is 3.77. The van der Waals surface area contributed by atoms with Crippen LogP contribution in [0.15, 0.2) is 40.9 Å². The van der Waals surface area contributed by atoms with Gasteiger partial charge in [0.1, 0.15) is 5.82 Å². The molecule has 0 bridgehead atoms. The highest BCUT2D eigenvalue weighted by atomic mass is 79.9. The molecule has 7 heteroatoms. The van der Waals surface area contributed by atoms with Crippen LogP contribution in [-0.4, -0.2) is 16.0 Å². The van der Waals surface area contributed by atoms with Gasteiger partial charge in [0.25, 0.3) is 0 Å². The molecule has 0 amide bonds. The van der Waals surface area contributed by atoms with Gasteiger partial charge in [-0.05, 0) is 43.2 Å². The van der Waals surface area contributed by atoms with Crippen molar-refractivity contribution >= 4 is 44.3 Å². The molecule has 0 unspecified atom stereocenters. The number of benzene rings is 2. The molecular weight excluding hydrogens is 414 g/mol. The van der Waals surface area contributed by atoms with Crippen LogP contribution >= 0.6 is 15.9 Å². The van der Waals surface area contributed by atoms with Gasteiger partial charge in [0.05, 0.1) is 5.52 Å². The predicted octanol–water partition coefficient (Wildman–Crippen LogP) is 6.16. The van der Waals surface area contributed by atoms with E-state index in [9.17, 15) is 8.78 Å². The second kappa shape index (κ2) is 7.76. The van der Waals surface area contributed by atoms with Crippen LogP contribution in [0.5, 0.6) is 0 Å². The molecule has 1 aromatic heterocycles. The summed E-state index contributed by atoms with van der Waals surface area (Å²) in [6, 6.07) is 9.83. The van der Waals surface area contributed by atoms with Crippen molar-refractivity contribution in [3.8, 4) is 0 Å². The van der Waals surface area contributed by atoms with E-state index in [-0.39, 0.29) is 0 Å². The molecule has 1 heterocycles. The normalized spacial score (nSPS) is 15.1. The zero-order valence-corrected chi connectivity index (χ0v) is 16.2. The topological polar surface area (TPSA) is 49.8 Å². The van der Waals surface area contributed by atoms with E-state index in [1.54, 1.807) is 0 Å². The fraction of sp³-hybridized carbons (Fsp3) is 0.300. The Morgan fingerprint density at radius 2 is 1.74 bits per heavy atom. The third kappa shape index (κ3) is 4.18. The molecular formula is C20H19BrF2N4. The van der Waals surface area contributed by atoms with Crippen molar-refractivity contribution in [2.24, 2.45) is 0 Å². The van der Waals surface area contributed by atoms with E-state index in [4.69, 9.17) is 0 Å². The maximum absolute atomic E-state index is 13.5. The monoisotopic (exact) mass is 432 g/mol. The third-order valence-electron chi connectivity index (χ3n) is 4.78. The van der Waals surface area contributed by atoms with Crippen molar-refractivity contribution in [3.63, 3.8) is 0 Å². The average Bonchev–Trinajstić information content (AvgIpc) is 2.66. The summed E-state index contributed by atoms with van der Waals surface area (Å²) in [6.07, 6.45) is 5.93. The largest absolute Gasteiger partial charge is 0.367 e. The van der Waals surface area contributed by atoms with Crippen LogP contribution in [-0.2, 0) is 0 Å². The number of hydrogen-bond acceptors (Lipinski definition) is 4. The minimum absolute atomic E-state index is 0.342. The Hall–Kier alpha value is -2.28. The van der Waals surface area contributed by atoms with Gasteiger partial charge in [-0.3, -0.25) is 0 Å². The molecule has 4 nitrogen and oxygen atoms in total. The van der Waals surface area contributed by atoms with Gasteiger partial charge >= 0.3 is 0 Å². The number of halogens is 3. The van der Waals surface area contributed by atoms with Crippen LogP contribution in [0, 0.1) is 11.6 Å². The summed E-state index contributed by atoms with van der Waals surface area (Å²) >= 11 is 3.50. The Balaban J connectivity index is 1.70. The van der Waals surface area contributed by atoms with Gasteiger partial charge in [-0.15, -0.1) is 0 Å². The van der Waals surface area contributed by atoms with Crippen LogP contribution in [0.25, 0.3) is 10.9 Å². The van der Waals surface area contributed by atoms with E-state index in [1.165, 1.54) is 25.3 Å². The Morgan fingerprint density at radius 1 is 0.926 bits per heavy atom. The molecule has 4 rings (SSSR count). The van der Waals surface area contributed by atoms with Crippen LogP contribution in [0.3, 0.4) is 0 Å². The summed E-state index contributed by atoms with van der Waals surface area (Å²) in [6.45, 7) is 0. The van der Waals surface area contributed by atoms with Crippen LogP contribution in [0.1, 0.15) is 32.1 Å². The van der Waals surface area contributed by atoms with Gasteiger partial charge in [0, 0.05) is 27.7 Å². The molecule has 0 radical (unpaired) electrons. The van der Waals surface area contributed by atoms with Gasteiger partial charge in [-0.1, -0.05) is 35.2 Å². The Kier molecular flexibility index (Phi) is 5.20. The lowest BCUT2D eigenvalue weighted by molar-refractivity contribution is 0.462. The zero-order chi connectivity index (χ0) is 18.8. The minimum Gasteiger partial charge on any atom is -0.367 e. The van der Waals surface area contributed by atoms with Crippen LogP contribution < -0.4 is 10.6 Å². The highest BCUT2D eigenvalue weighted by Crippen LogP contribution is 2.29. The summed E-state index contributed by atoms with van der Waals surface area (Å²) < 4.78 is 27.6. The lowest BCUT2D eigenvalue weighted by Crippen LogP contribution is -2.23. The second-order valence-electron chi connectivity index (χ2n) is 6.79. The maximum Gasteiger partial charge on any atom is 0.229 e. The van der Waals surface area contributed by atoms with E-state index < -0.39 is 11.6 Å². The van der Waals surface area contributed by atoms with Gasteiger partial charge in [0.15, 0.2) is 11.6 Å². The predicted molar refractivity (Wildman–Crippen MR) is 107 cm³/mol. The van der Waals surface area contributed by atoms with Crippen molar-refractivity contribution < 1.29 is 8.78 Å². The van der Waals surface area contributed by atoms with Gasteiger partial charge in [-0.2, -0.15) is 4.98 Å². The summed E-state index contributed by atoms with van der Waals surface area (Å²) in [5, 5.41) is 7.45. The maximum atomic E-state index is 13.5. The lowest BCUT2D eigenvalue weighted by Gasteiger charge is -2.24. The van der Waals surface area contributed by atoms with Crippen molar-refractivity contribution in [1.82, 2.24) is 9.97 Å². The Bertz CT molecular complexity index is 974. The molecule has 1 fully saturated rings. The van der Waals surface area contributed by atoms with Crippen molar-refractivity contribution in [2.75, 3.05) is 10.6 Å². The summed E-state index contributed by atoms with van der Waals surface area (Å²) in [5.41, 5.74) is 1.17. The lowest BCUT2D eigenvalue weighted by atomic mass is 9.95. The van der Waals surface area contributed by atoms with Gasteiger partial charge in [-0.25, -0.2) is 13.8 Å². The van der Waals surface area contributed by atoms with E-state index in [0.717, 1.165) is 46.2 Å². The second-order valence-corrected chi connectivity index (χ2v) is 7.71. The van der Waals surface area contributed by atoms with Gasteiger partial charge < -0.3 is 10.6 Å². The highest BCUT2D eigenvalue weighted by Gasteiger charge is 2.16. The Morgan fingerprint density at radius 3 is 2.52 bits per heavy atom. The molecule has 1 saturated carbocycles. The summed E-state index contributed by atoms with van der Waals surface area (Å²) in [4.78, 5) is 9.13. The molecule has 27 heavy (non-hydrogen) atoms. The molecule has 1 aliphatic carbocycles.